The molecule has 0 amide bonds. The SMILES string of the molecule is CC(=O)CCC(Cl)c1cccc2ccccc12. The maximum Gasteiger partial charge on any atom is 0.129 e. The molecule has 0 bridgehead atoms. The third kappa shape index (κ3) is 2.86. The molecule has 0 saturated carbocycles. The van der Waals surface area contributed by atoms with E-state index in [1.165, 1.54) is 10.8 Å². The summed E-state index contributed by atoms with van der Waals surface area (Å²) < 4.78 is 0. The van der Waals surface area contributed by atoms with Crippen molar-refractivity contribution < 1.29 is 4.79 Å². The lowest BCUT2D eigenvalue weighted by Gasteiger charge is -2.12. The van der Waals surface area contributed by atoms with E-state index in [-0.39, 0.29) is 11.2 Å². The van der Waals surface area contributed by atoms with Gasteiger partial charge in [-0.25, -0.2) is 0 Å². The molecule has 0 spiro atoms. The van der Waals surface area contributed by atoms with Crippen LogP contribution in [0.2, 0.25) is 0 Å². The Morgan fingerprint density at radius 3 is 2.65 bits per heavy atom. The van der Waals surface area contributed by atoms with Gasteiger partial charge in [-0.2, -0.15) is 0 Å². The molecule has 0 fully saturated rings. The summed E-state index contributed by atoms with van der Waals surface area (Å²) in [7, 11) is 0. The lowest BCUT2D eigenvalue weighted by Crippen LogP contribution is -1.96. The zero-order valence-corrected chi connectivity index (χ0v) is 10.6. The summed E-state index contributed by atoms with van der Waals surface area (Å²) in [6, 6.07) is 14.3. The first-order valence-corrected chi connectivity index (χ1v) is 6.23. The molecule has 2 heteroatoms. The van der Waals surface area contributed by atoms with Crippen LogP contribution in [0.3, 0.4) is 0 Å². The summed E-state index contributed by atoms with van der Waals surface area (Å²) in [4.78, 5) is 11.0. The Balaban J connectivity index is 2.31. The smallest absolute Gasteiger partial charge is 0.129 e. The molecule has 2 rings (SSSR count). The monoisotopic (exact) mass is 246 g/mol. The van der Waals surface area contributed by atoms with Gasteiger partial charge >= 0.3 is 0 Å². The largest absolute Gasteiger partial charge is 0.300 e. The van der Waals surface area contributed by atoms with Crippen LogP contribution in [0.1, 0.15) is 30.7 Å². The van der Waals surface area contributed by atoms with E-state index in [9.17, 15) is 4.79 Å². The average Bonchev–Trinajstić information content (AvgIpc) is 2.35. The molecule has 17 heavy (non-hydrogen) atoms. The normalized spacial score (nSPS) is 12.6. The van der Waals surface area contributed by atoms with E-state index < -0.39 is 0 Å². The maximum atomic E-state index is 11.0. The van der Waals surface area contributed by atoms with Gasteiger partial charge in [0.25, 0.3) is 0 Å². The number of carbonyl (C=O) groups is 1. The van der Waals surface area contributed by atoms with Gasteiger partial charge in [-0.05, 0) is 29.7 Å². The lowest BCUT2D eigenvalue weighted by atomic mass is 9.99. The number of fused-ring (bicyclic) bond motifs is 1. The highest BCUT2D eigenvalue weighted by atomic mass is 35.5. The van der Waals surface area contributed by atoms with E-state index >= 15 is 0 Å². The Hall–Kier alpha value is -1.34. The van der Waals surface area contributed by atoms with E-state index in [1.807, 2.05) is 24.3 Å². The molecule has 1 nitrogen and oxygen atoms in total. The second kappa shape index (κ2) is 5.33. The molecule has 0 heterocycles. The van der Waals surface area contributed by atoms with Crippen LogP contribution < -0.4 is 0 Å². The van der Waals surface area contributed by atoms with Crippen molar-refractivity contribution in [3.63, 3.8) is 0 Å². The fourth-order valence-corrected chi connectivity index (χ4v) is 2.31. The Kier molecular flexibility index (Phi) is 3.80. The van der Waals surface area contributed by atoms with Gasteiger partial charge < -0.3 is 4.79 Å². The minimum Gasteiger partial charge on any atom is -0.300 e. The van der Waals surface area contributed by atoms with Crippen molar-refractivity contribution in [2.75, 3.05) is 0 Å². The Morgan fingerprint density at radius 2 is 1.88 bits per heavy atom. The van der Waals surface area contributed by atoms with Gasteiger partial charge in [0.15, 0.2) is 0 Å². The fourth-order valence-electron chi connectivity index (χ4n) is 2.01. The number of halogens is 1. The van der Waals surface area contributed by atoms with Crippen LogP contribution in [0, 0.1) is 0 Å². The van der Waals surface area contributed by atoms with Crippen LogP contribution in [0.4, 0.5) is 0 Å². The summed E-state index contributed by atoms with van der Waals surface area (Å²) >= 11 is 6.38. The van der Waals surface area contributed by atoms with Gasteiger partial charge in [0.05, 0.1) is 5.38 Å². The van der Waals surface area contributed by atoms with Gasteiger partial charge in [-0.1, -0.05) is 42.5 Å². The number of rotatable bonds is 4. The van der Waals surface area contributed by atoms with Crippen molar-refractivity contribution in [3.05, 3.63) is 48.0 Å². The maximum absolute atomic E-state index is 11.0. The minimum atomic E-state index is -0.0926. The summed E-state index contributed by atoms with van der Waals surface area (Å²) in [5, 5.41) is 2.28. The van der Waals surface area contributed by atoms with Gasteiger partial charge in [-0.3, -0.25) is 0 Å². The Bertz CT molecular complexity index is 528. The van der Waals surface area contributed by atoms with Crippen LogP contribution in [-0.2, 0) is 4.79 Å². The number of hydrogen-bond acceptors (Lipinski definition) is 1. The van der Waals surface area contributed by atoms with Crippen molar-refractivity contribution in [1.29, 1.82) is 0 Å². The van der Waals surface area contributed by atoms with E-state index in [0.29, 0.717) is 12.8 Å². The third-order valence-corrected chi connectivity index (χ3v) is 3.36. The first-order chi connectivity index (χ1) is 8.18. The highest BCUT2D eigenvalue weighted by Gasteiger charge is 2.11. The van der Waals surface area contributed by atoms with Gasteiger partial charge in [0, 0.05) is 6.42 Å². The second-order valence-corrected chi connectivity index (χ2v) is 4.80. The van der Waals surface area contributed by atoms with Crippen molar-refractivity contribution in [2.24, 2.45) is 0 Å². The Labute approximate surface area is 106 Å². The van der Waals surface area contributed by atoms with E-state index in [0.717, 1.165) is 5.56 Å². The minimum absolute atomic E-state index is 0.0926. The average molecular weight is 247 g/mol. The molecule has 0 radical (unpaired) electrons. The van der Waals surface area contributed by atoms with Gasteiger partial charge in [0.1, 0.15) is 5.78 Å². The molecule has 0 aliphatic heterocycles. The number of hydrogen-bond donors (Lipinski definition) is 0. The number of Topliss-reactive ketones (excluding diaryl/α,β-unsaturated/α-hetero) is 1. The van der Waals surface area contributed by atoms with Crippen molar-refractivity contribution in [3.8, 4) is 0 Å². The lowest BCUT2D eigenvalue weighted by molar-refractivity contribution is -0.117. The molecule has 0 aromatic heterocycles. The number of carbonyl (C=O) groups excluding carboxylic acids is 1. The molecule has 0 N–H and O–H groups in total. The van der Waals surface area contributed by atoms with Crippen LogP contribution in [0.5, 0.6) is 0 Å². The zero-order chi connectivity index (χ0) is 12.3. The van der Waals surface area contributed by atoms with Crippen LogP contribution >= 0.6 is 11.6 Å². The molecular weight excluding hydrogens is 232 g/mol. The molecule has 0 aliphatic carbocycles. The molecular formula is C15H15ClO. The molecule has 1 atom stereocenters. The third-order valence-electron chi connectivity index (χ3n) is 2.91. The van der Waals surface area contributed by atoms with Crippen molar-refractivity contribution >= 4 is 28.2 Å². The number of alkyl halides is 1. The van der Waals surface area contributed by atoms with E-state index in [1.54, 1.807) is 6.92 Å². The molecule has 2 aromatic rings. The fraction of sp³-hybridized carbons (Fsp3) is 0.267. The van der Waals surface area contributed by atoms with Gasteiger partial charge in [0.2, 0.25) is 0 Å². The first kappa shape index (κ1) is 12.1. The summed E-state index contributed by atoms with van der Waals surface area (Å²) in [5.41, 5.74) is 1.12. The molecule has 88 valence electrons. The quantitative estimate of drug-likeness (QED) is 0.727. The second-order valence-electron chi connectivity index (χ2n) is 4.28. The van der Waals surface area contributed by atoms with Crippen LogP contribution in [0.15, 0.2) is 42.5 Å². The van der Waals surface area contributed by atoms with Gasteiger partial charge in [-0.15, -0.1) is 11.6 Å². The topological polar surface area (TPSA) is 17.1 Å². The number of ketones is 1. The highest BCUT2D eigenvalue weighted by Crippen LogP contribution is 2.31. The van der Waals surface area contributed by atoms with Crippen LogP contribution in [0.25, 0.3) is 10.8 Å². The predicted molar refractivity (Wildman–Crippen MR) is 72.5 cm³/mol. The highest BCUT2D eigenvalue weighted by molar-refractivity contribution is 6.21. The van der Waals surface area contributed by atoms with E-state index in [4.69, 9.17) is 11.6 Å². The zero-order valence-electron chi connectivity index (χ0n) is 9.82. The predicted octanol–water partition coefficient (Wildman–Crippen LogP) is 4.49. The molecule has 0 aliphatic rings. The van der Waals surface area contributed by atoms with E-state index in [2.05, 4.69) is 18.2 Å². The summed E-state index contributed by atoms with van der Waals surface area (Å²) in [6.07, 6.45) is 1.24. The van der Waals surface area contributed by atoms with Crippen LogP contribution in [-0.4, -0.2) is 5.78 Å². The van der Waals surface area contributed by atoms with Crippen molar-refractivity contribution in [1.82, 2.24) is 0 Å². The first-order valence-electron chi connectivity index (χ1n) is 5.79. The molecule has 2 aromatic carbocycles. The molecule has 1 unspecified atom stereocenters. The molecule has 0 saturated heterocycles. The van der Waals surface area contributed by atoms with Crippen molar-refractivity contribution in [2.45, 2.75) is 25.1 Å². The summed E-state index contributed by atoms with van der Waals surface area (Å²) in [6.45, 7) is 1.60. The summed E-state index contributed by atoms with van der Waals surface area (Å²) in [5.74, 6) is 0.191. The number of benzene rings is 2. The standard InChI is InChI=1S/C15H15ClO/c1-11(17)9-10-15(16)14-8-4-6-12-5-2-3-7-13(12)14/h2-8,15H,9-10H2,1H3. The Morgan fingerprint density at radius 1 is 1.18 bits per heavy atom.